The van der Waals surface area contributed by atoms with E-state index < -0.39 is 0 Å². The molecule has 1 aromatic rings. The van der Waals surface area contributed by atoms with Gasteiger partial charge in [0.05, 0.1) is 0 Å². The highest BCUT2D eigenvalue weighted by Crippen LogP contribution is 2.14. The fourth-order valence-electron chi connectivity index (χ4n) is 2.95. The second-order valence-electron chi connectivity index (χ2n) is 6.83. The van der Waals surface area contributed by atoms with Crippen LogP contribution in [0.1, 0.15) is 96.8 Å². The number of hydrogen-bond acceptors (Lipinski definition) is 3. The van der Waals surface area contributed by atoms with Crippen LogP contribution in [0.3, 0.4) is 0 Å². The lowest BCUT2D eigenvalue weighted by atomic mass is 10.0. The van der Waals surface area contributed by atoms with Gasteiger partial charge >= 0.3 is 5.97 Å². The van der Waals surface area contributed by atoms with Gasteiger partial charge < -0.3 is 9.72 Å². The Morgan fingerprint density at radius 2 is 1.44 bits per heavy atom. The highest BCUT2D eigenvalue weighted by atomic mass is 32.1. The highest BCUT2D eigenvalue weighted by molar-refractivity contribution is 7.71. The molecule has 0 aromatic carbocycles. The molecular weight excluding hydrogens is 330 g/mol. The average molecular weight is 366 g/mol. The van der Waals surface area contributed by atoms with Crippen molar-refractivity contribution in [2.75, 3.05) is 0 Å². The Morgan fingerprint density at radius 1 is 0.920 bits per heavy atom. The van der Waals surface area contributed by atoms with Crippen LogP contribution in [-0.2, 0) is 4.79 Å². The zero-order valence-corrected chi connectivity index (χ0v) is 16.7. The van der Waals surface area contributed by atoms with Gasteiger partial charge in [-0.3, -0.25) is 4.79 Å². The van der Waals surface area contributed by atoms with Crippen LogP contribution < -0.4 is 4.74 Å². The number of aromatic amines is 1. The van der Waals surface area contributed by atoms with Crippen LogP contribution in [0, 0.1) is 4.64 Å². The van der Waals surface area contributed by atoms with Gasteiger partial charge in [0.1, 0.15) is 4.64 Å². The van der Waals surface area contributed by atoms with Crippen LogP contribution in [-0.4, -0.2) is 11.0 Å². The van der Waals surface area contributed by atoms with Crippen molar-refractivity contribution in [2.45, 2.75) is 96.8 Å². The topological polar surface area (TPSA) is 42.1 Å². The Kier molecular flexibility index (Phi) is 13.2. The summed E-state index contributed by atoms with van der Waals surface area (Å²) < 4.78 is 5.75. The molecule has 0 aliphatic heterocycles. The SMILES string of the molecule is CCCCCCCCCCCCCCCC(=O)Oc1ccc[nH]c1=S. The number of esters is 1. The Bertz CT molecular complexity index is 513. The minimum Gasteiger partial charge on any atom is -0.423 e. The molecule has 1 aromatic heterocycles. The van der Waals surface area contributed by atoms with Crippen LogP contribution in [0.25, 0.3) is 0 Å². The molecule has 0 aliphatic carbocycles. The number of pyridine rings is 1. The van der Waals surface area contributed by atoms with Crippen molar-refractivity contribution in [2.24, 2.45) is 0 Å². The molecule has 0 amide bonds. The molecule has 0 saturated heterocycles. The van der Waals surface area contributed by atoms with Crippen LogP contribution in [0.2, 0.25) is 0 Å². The number of carbonyl (C=O) groups is 1. The predicted molar refractivity (Wildman–Crippen MR) is 108 cm³/mol. The summed E-state index contributed by atoms with van der Waals surface area (Å²) >= 11 is 5.08. The summed E-state index contributed by atoms with van der Waals surface area (Å²) in [5, 5.41) is 0. The number of H-pyrrole nitrogens is 1. The Balaban J connectivity index is 1.88. The molecule has 0 spiro atoms. The molecule has 0 unspecified atom stereocenters. The Labute approximate surface area is 158 Å². The van der Waals surface area contributed by atoms with Gasteiger partial charge in [0, 0.05) is 12.6 Å². The van der Waals surface area contributed by atoms with E-state index in [0.717, 1.165) is 12.8 Å². The molecule has 0 bridgehead atoms. The van der Waals surface area contributed by atoms with E-state index >= 15 is 0 Å². The minimum atomic E-state index is -0.186. The third kappa shape index (κ3) is 11.9. The van der Waals surface area contributed by atoms with Gasteiger partial charge in [-0.05, 0) is 18.6 Å². The van der Waals surface area contributed by atoms with Gasteiger partial charge in [0.2, 0.25) is 0 Å². The van der Waals surface area contributed by atoms with Gasteiger partial charge in [-0.15, -0.1) is 0 Å². The molecule has 4 heteroatoms. The molecule has 0 saturated carbocycles. The molecule has 0 atom stereocenters. The normalized spacial score (nSPS) is 10.8. The quantitative estimate of drug-likeness (QED) is 0.204. The van der Waals surface area contributed by atoms with Crippen LogP contribution in [0.5, 0.6) is 5.75 Å². The van der Waals surface area contributed by atoms with E-state index in [2.05, 4.69) is 11.9 Å². The maximum atomic E-state index is 11.8. The van der Waals surface area contributed by atoms with E-state index in [9.17, 15) is 4.79 Å². The maximum Gasteiger partial charge on any atom is 0.311 e. The maximum absolute atomic E-state index is 11.8. The first kappa shape index (κ1) is 21.9. The molecule has 0 fully saturated rings. The fraction of sp³-hybridized carbons (Fsp3) is 0.714. The van der Waals surface area contributed by atoms with E-state index in [1.165, 1.54) is 70.6 Å². The molecule has 25 heavy (non-hydrogen) atoms. The summed E-state index contributed by atoms with van der Waals surface area (Å²) in [7, 11) is 0. The van der Waals surface area contributed by atoms with Gasteiger partial charge in [0.25, 0.3) is 0 Å². The smallest absolute Gasteiger partial charge is 0.311 e. The average Bonchev–Trinajstić information content (AvgIpc) is 2.61. The number of nitrogens with one attached hydrogen (secondary N) is 1. The van der Waals surface area contributed by atoms with Gasteiger partial charge in [-0.2, -0.15) is 0 Å². The first-order valence-electron chi connectivity index (χ1n) is 10.1. The molecule has 3 nitrogen and oxygen atoms in total. The van der Waals surface area contributed by atoms with Crippen molar-refractivity contribution >= 4 is 18.2 Å². The minimum absolute atomic E-state index is 0.186. The van der Waals surface area contributed by atoms with E-state index in [-0.39, 0.29) is 5.97 Å². The second kappa shape index (κ2) is 15.1. The number of rotatable bonds is 15. The predicted octanol–water partition coefficient (Wildman–Crippen LogP) is 7.13. The van der Waals surface area contributed by atoms with Crippen molar-refractivity contribution in [3.8, 4) is 5.75 Å². The van der Waals surface area contributed by atoms with Crippen molar-refractivity contribution in [1.29, 1.82) is 0 Å². The van der Waals surface area contributed by atoms with Crippen molar-refractivity contribution in [3.63, 3.8) is 0 Å². The third-order valence-corrected chi connectivity index (χ3v) is 4.81. The lowest BCUT2D eigenvalue weighted by molar-refractivity contribution is -0.134. The first-order chi connectivity index (χ1) is 12.2. The Morgan fingerprint density at radius 3 is 1.96 bits per heavy atom. The highest BCUT2D eigenvalue weighted by Gasteiger charge is 2.05. The zero-order chi connectivity index (χ0) is 18.2. The van der Waals surface area contributed by atoms with E-state index in [1.54, 1.807) is 18.3 Å². The molecule has 1 rings (SSSR count). The summed E-state index contributed by atoms with van der Waals surface area (Å²) in [6, 6.07) is 3.50. The number of aromatic nitrogens is 1. The lowest BCUT2D eigenvalue weighted by Gasteiger charge is -2.05. The summed E-state index contributed by atoms with van der Waals surface area (Å²) in [6.07, 6.45) is 19.2. The molecule has 0 radical (unpaired) electrons. The number of unbranched alkanes of at least 4 members (excludes halogenated alkanes) is 12. The number of ether oxygens (including phenoxy) is 1. The van der Waals surface area contributed by atoms with Crippen molar-refractivity contribution in [1.82, 2.24) is 4.98 Å². The number of hydrogen-bond donors (Lipinski definition) is 1. The lowest BCUT2D eigenvalue weighted by Crippen LogP contribution is -2.08. The van der Waals surface area contributed by atoms with Crippen LogP contribution >= 0.6 is 12.2 Å². The summed E-state index contributed by atoms with van der Waals surface area (Å²) in [5.74, 6) is 0.269. The van der Waals surface area contributed by atoms with Gasteiger partial charge in [-0.25, -0.2) is 0 Å². The molecule has 142 valence electrons. The van der Waals surface area contributed by atoms with Crippen molar-refractivity contribution < 1.29 is 9.53 Å². The van der Waals surface area contributed by atoms with E-state index in [1.807, 2.05) is 0 Å². The van der Waals surface area contributed by atoms with Gasteiger partial charge in [0.15, 0.2) is 5.75 Å². The Hall–Kier alpha value is -1.16. The van der Waals surface area contributed by atoms with Gasteiger partial charge in [-0.1, -0.05) is 96.2 Å². The van der Waals surface area contributed by atoms with Crippen LogP contribution in [0.15, 0.2) is 18.3 Å². The molecule has 1 heterocycles. The summed E-state index contributed by atoms with van der Waals surface area (Å²) in [5.41, 5.74) is 0. The third-order valence-electron chi connectivity index (χ3n) is 4.49. The second-order valence-corrected chi connectivity index (χ2v) is 7.24. The standard InChI is InChI=1S/C21H35NO2S/c1-2-3-4-5-6-7-8-9-10-11-12-13-14-17-20(23)24-19-16-15-18-22-21(19)25/h15-16,18H,2-14,17H2,1H3,(H,22,25). The molecule has 1 N–H and O–H groups in total. The van der Waals surface area contributed by atoms with Crippen LogP contribution in [0.4, 0.5) is 0 Å². The monoisotopic (exact) mass is 365 g/mol. The first-order valence-corrected chi connectivity index (χ1v) is 10.5. The summed E-state index contributed by atoms with van der Waals surface area (Å²) in [6.45, 7) is 2.27. The van der Waals surface area contributed by atoms with Crippen molar-refractivity contribution in [3.05, 3.63) is 23.0 Å². The van der Waals surface area contributed by atoms with E-state index in [0.29, 0.717) is 16.8 Å². The van der Waals surface area contributed by atoms with E-state index in [4.69, 9.17) is 17.0 Å². The summed E-state index contributed by atoms with van der Waals surface area (Å²) in [4.78, 5) is 14.6. The number of carbonyl (C=O) groups excluding carboxylic acids is 1. The molecular formula is C21H35NO2S. The zero-order valence-electron chi connectivity index (χ0n) is 15.9. The molecule has 0 aliphatic rings. The fourth-order valence-corrected chi connectivity index (χ4v) is 3.13. The largest absolute Gasteiger partial charge is 0.423 e.